The number of fused-ring (bicyclic) bond motifs is 1. The first-order valence-electron chi connectivity index (χ1n) is 8.92. The molecule has 0 aromatic heterocycles. The smallest absolute Gasteiger partial charge is 0.251 e. The summed E-state index contributed by atoms with van der Waals surface area (Å²) in [5, 5.41) is 6.10. The number of carbonyl (C=O) groups is 1. The van der Waals surface area contributed by atoms with Gasteiger partial charge in [-0.15, -0.1) is 0 Å². The number of hydrogen-bond acceptors (Lipinski definition) is 5. The van der Waals surface area contributed by atoms with Gasteiger partial charge in [0.1, 0.15) is 0 Å². The fourth-order valence-electron chi connectivity index (χ4n) is 3.97. The molecule has 0 radical (unpaired) electrons. The van der Waals surface area contributed by atoms with Crippen molar-refractivity contribution in [2.24, 2.45) is 0 Å². The van der Waals surface area contributed by atoms with Crippen molar-refractivity contribution in [2.45, 2.75) is 23.8 Å². The van der Waals surface area contributed by atoms with E-state index in [-0.39, 0.29) is 16.8 Å². The van der Waals surface area contributed by atoms with E-state index in [1.165, 1.54) is 6.07 Å². The van der Waals surface area contributed by atoms with Gasteiger partial charge in [-0.2, -0.15) is 4.31 Å². The van der Waals surface area contributed by atoms with Crippen LogP contribution in [0.5, 0.6) is 0 Å². The monoisotopic (exact) mass is 364 g/mol. The summed E-state index contributed by atoms with van der Waals surface area (Å²) in [5.74, 6) is -0.182. The average Bonchev–Trinajstić information content (AvgIpc) is 3.13. The normalized spacial score (nSPS) is 25.6. The van der Waals surface area contributed by atoms with Crippen LogP contribution in [0.3, 0.4) is 0 Å². The van der Waals surface area contributed by atoms with Crippen molar-refractivity contribution in [3.05, 3.63) is 29.3 Å². The van der Waals surface area contributed by atoms with E-state index >= 15 is 0 Å². The number of sulfonamides is 1. The maximum Gasteiger partial charge on any atom is 0.251 e. The molecule has 1 unspecified atom stereocenters. The van der Waals surface area contributed by atoms with Gasteiger partial charge in [0, 0.05) is 57.4 Å². The molecule has 0 bridgehead atoms. The Hall–Kier alpha value is -1.48. The molecule has 3 aliphatic heterocycles. The standard InChI is InChI=1S/C17H24N4O3S/c22-17-16-11-15(2-1-13(16)3-5-19-17)25(23,24)21-8-4-14(12-21)20-9-6-18-7-10-20/h1-2,11,14,18H,3-10,12H2,(H,19,22). The first kappa shape index (κ1) is 17.0. The van der Waals surface area contributed by atoms with E-state index in [0.717, 1.165) is 44.6 Å². The lowest BCUT2D eigenvalue weighted by atomic mass is 10.0. The van der Waals surface area contributed by atoms with E-state index in [2.05, 4.69) is 15.5 Å². The van der Waals surface area contributed by atoms with Gasteiger partial charge < -0.3 is 10.6 Å². The molecule has 7 nitrogen and oxygen atoms in total. The zero-order valence-corrected chi connectivity index (χ0v) is 15.0. The van der Waals surface area contributed by atoms with Crippen LogP contribution in [0.25, 0.3) is 0 Å². The summed E-state index contributed by atoms with van der Waals surface area (Å²) >= 11 is 0. The maximum absolute atomic E-state index is 13.0. The predicted molar refractivity (Wildman–Crippen MR) is 94.1 cm³/mol. The molecular formula is C17H24N4O3S. The molecule has 1 atom stereocenters. The highest BCUT2D eigenvalue weighted by atomic mass is 32.2. The average molecular weight is 364 g/mol. The summed E-state index contributed by atoms with van der Waals surface area (Å²) in [6.45, 7) is 5.55. The van der Waals surface area contributed by atoms with Crippen LogP contribution in [-0.2, 0) is 16.4 Å². The van der Waals surface area contributed by atoms with Crippen LogP contribution in [0.15, 0.2) is 23.1 Å². The van der Waals surface area contributed by atoms with Crippen molar-refractivity contribution >= 4 is 15.9 Å². The largest absolute Gasteiger partial charge is 0.352 e. The van der Waals surface area contributed by atoms with Crippen LogP contribution in [0.1, 0.15) is 22.3 Å². The van der Waals surface area contributed by atoms with Crippen LogP contribution in [0.4, 0.5) is 0 Å². The summed E-state index contributed by atoms with van der Waals surface area (Å²) in [6.07, 6.45) is 1.61. The molecular weight excluding hydrogens is 340 g/mol. The summed E-state index contributed by atoms with van der Waals surface area (Å²) in [5.41, 5.74) is 1.41. The van der Waals surface area contributed by atoms with E-state index in [1.54, 1.807) is 16.4 Å². The third-order valence-electron chi connectivity index (χ3n) is 5.44. The number of benzene rings is 1. The second kappa shape index (κ2) is 6.68. The summed E-state index contributed by atoms with van der Waals surface area (Å²) in [6, 6.07) is 5.25. The minimum atomic E-state index is -3.56. The molecule has 1 aromatic carbocycles. The minimum Gasteiger partial charge on any atom is -0.352 e. The third kappa shape index (κ3) is 3.19. The third-order valence-corrected chi connectivity index (χ3v) is 7.30. The van der Waals surface area contributed by atoms with E-state index in [9.17, 15) is 13.2 Å². The number of hydrogen-bond donors (Lipinski definition) is 2. The van der Waals surface area contributed by atoms with Gasteiger partial charge in [-0.25, -0.2) is 8.42 Å². The predicted octanol–water partition coefficient (Wildman–Crippen LogP) is -0.359. The van der Waals surface area contributed by atoms with Crippen LogP contribution >= 0.6 is 0 Å². The molecule has 8 heteroatoms. The van der Waals surface area contributed by atoms with Gasteiger partial charge >= 0.3 is 0 Å². The van der Waals surface area contributed by atoms with E-state index in [4.69, 9.17) is 0 Å². The number of piperazine rings is 1. The van der Waals surface area contributed by atoms with E-state index in [1.807, 2.05) is 0 Å². The molecule has 0 aliphatic carbocycles. The Morgan fingerprint density at radius 3 is 2.68 bits per heavy atom. The number of amides is 1. The number of nitrogens with one attached hydrogen (secondary N) is 2. The zero-order valence-electron chi connectivity index (χ0n) is 14.2. The lowest BCUT2D eigenvalue weighted by Crippen LogP contribution is -2.49. The molecule has 0 spiro atoms. The number of carbonyl (C=O) groups excluding carboxylic acids is 1. The number of nitrogens with zero attached hydrogens (tertiary/aromatic N) is 2. The van der Waals surface area contributed by atoms with E-state index in [0.29, 0.717) is 25.2 Å². The molecule has 3 aliphatic rings. The first-order valence-corrected chi connectivity index (χ1v) is 10.4. The van der Waals surface area contributed by atoms with Gasteiger partial charge in [0.15, 0.2) is 0 Å². The summed E-state index contributed by atoms with van der Waals surface area (Å²) < 4.78 is 27.6. The summed E-state index contributed by atoms with van der Waals surface area (Å²) in [4.78, 5) is 14.6. The van der Waals surface area contributed by atoms with Crippen molar-refractivity contribution in [1.82, 2.24) is 19.8 Å². The van der Waals surface area contributed by atoms with Gasteiger partial charge in [0.2, 0.25) is 10.0 Å². The molecule has 1 amide bonds. The number of rotatable bonds is 3. The second-order valence-electron chi connectivity index (χ2n) is 6.92. The van der Waals surface area contributed by atoms with E-state index < -0.39 is 10.0 Å². The topological polar surface area (TPSA) is 81.8 Å². The van der Waals surface area contributed by atoms with Crippen molar-refractivity contribution in [2.75, 3.05) is 45.8 Å². The Morgan fingerprint density at radius 2 is 1.88 bits per heavy atom. The minimum absolute atomic E-state index is 0.182. The lowest BCUT2D eigenvalue weighted by molar-refractivity contribution is 0.0945. The fraction of sp³-hybridized carbons (Fsp3) is 0.588. The highest BCUT2D eigenvalue weighted by Crippen LogP contribution is 2.26. The first-order chi connectivity index (χ1) is 12.1. The van der Waals surface area contributed by atoms with Crippen molar-refractivity contribution < 1.29 is 13.2 Å². The molecule has 136 valence electrons. The Kier molecular flexibility index (Phi) is 4.53. The highest BCUT2D eigenvalue weighted by molar-refractivity contribution is 7.89. The second-order valence-corrected chi connectivity index (χ2v) is 8.85. The van der Waals surface area contributed by atoms with Crippen LogP contribution < -0.4 is 10.6 Å². The lowest BCUT2D eigenvalue weighted by Gasteiger charge is -2.32. The summed E-state index contributed by atoms with van der Waals surface area (Å²) in [7, 11) is -3.56. The van der Waals surface area contributed by atoms with Gasteiger partial charge in [0.25, 0.3) is 5.91 Å². The quantitative estimate of drug-likeness (QED) is 0.766. The van der Waals surface area contributed by atoms with Gasteiger partial charge in [-0.05, 0) is 30.5 Å². The molecule has 2 N–H and O–H groups in total. The zero-order chi connectivity index (χ0) is 17.4. The van der Waals surface area contributed by atoms with Crippen molar-refractivity contribution in [3.8, 4) is 0 Å². The van der Waals surface area contributed by atoms with Gasteiger partial charge in [0.05, 0.1) is 4.90 Å². The Balaban J connectivity index is 1.54. The Labute approximate surface area is 148 Å². The van der Waals surface area contributed by atoms with Crippen LogP contribution in [0, 0.1) is 0 Å². The van der Waals surface area contributed by atoms with Crippen molar-refractivity contribution in [3.63, 3.8) is 0 Å². The van der Waals surface area contributed by atoms with Crippen molar-refractivity contribution in [1.29, 1.82) is 0 Å². The molecule has 2 saturated heterocycles. The van der Waals surface area contributed by atoms with Crippen LogP contribution in [-0.4, -0.2) is 75.4 Å². The molecule has 1 aromatic rings. The maximum atomic E-state index is 13.0. The Bertz CT molecular complexity index is 774. The molecule has 25 heavy (non-hydrogen) atoms. The molecule has 0 saturated carbocycles. The SMILES string of the molecule is O=C1NCCc2ccc(S(=O)(=O)N3CCC(N4CCNCC4)C3)cc21. The fourth-order valence-corrected chi connectivity index (χ4v) is 5.49. The van der Waals surface area contributed by atoms with Gasteiger partial charge in [-0.3, -0.25) is 9.69 Å². The Morgan fingerprint density at radius 1 is 1.08 bits per heavy atom. The molecule has 3 heterocycles. The van der Waals surface area contributed by atoms with Gasteiger partial charge in [-0.1, -0.05) is 6.07 Å². The molecule has 2 fully saturated rings. The highest BCUT2D eigenvalue weighted by Gasteiger charge is 2.36. The van der Waals surface area contributed by atoms with Crippen LogP contribution in [0.2, 0.25) is 0 Å². The molecule has 4 rings (SSSR count).